The van der Waals surface area contributed by atoms with E-state index in [1.807, 2.05) is 0 Å². The molecular weight excluding hydrogens is 196 g/mol. The highest BCUT2D eigenvalue weighted by Crippen LogP contribution is 1.95. The number of hydrogen-bond donors (Lipinski definition) is 1. The molecule has 1 heterocycles. The van der Waals surface area contributed by atoms with Crippen LogP contribution in [-0.2, 0) is 14.4 Å². The number of nitrogens with one attached hydrogen (secondary N) is 1. The number of carbonyl (C=O) groups excluding carboxylic acids is 3. The molecule has 0 radical (unpaired) electrons. The lowest BCUT2D eigenvalue weighted by molar-refractivity contribution is -0.135. The van der Waals surface area contributed by atoms with Gasteiger partial charge in [0, 0.05) is 13.0 Å². The molecule has 2 amide bonds. The molecule has 82 valence electrons. The van der Waals surface area contributed by atoms with E-state index in [1.54, 1.807) is 17.9 Å². The highest BCUT2D eigenvalue weighted by molar-refractivity contribution is 5.99. The Morgan fingerprint density at radius 2 is 2.00 bits per heavy atom. The predicted molar refractivity (Wildman–Crippen MR) is 54.0 cm³/mol. The third-order valence-corrected chi connectivity index (χ3v) is 2.03. The highest BCUT2D eigenvalue weighted by atomic mass is 16.2. The second-order valence-corrected chi connectivity index (χ2v) is 3.36. The van der Waals surface area contributed by atoms with Crippen molar-refractivity contribution >= 4 is 17.6 Å². The summed E-state index contributed by atoms with van der Waals surface area (Å²) in [5.74, 6) is -0.536. The molecule has 0 saturated carbocycles. The zero-order valence-electron chi connectivity index (χ0n) is 8.66. The summed E-state index contributed by atoms with van der Waals surface area (Å²) in [7, 11) is 0. The van der Waals surface area contributed by atoms with Crippen LogP contribution in [0.5, 0.6) is 0 Å². The molecule has 0 aliphatic carbocycles. The molecule has 0 unspecified atom stereocenters. The Kier molecular flexibility index (Phi) is 4.17. The Balaban J connectivity index is 2.38. The number of hydrogen-bond acceptors (Lipinski definition) is 4. The van der Waals surface area contributed by atoms with E-state index in [0.717, 1.165) is 0 Å². The number of amides is 2. The lowest BCUT2D eigenvalue weighted by Crippen LogP contribution is -2.51. The first-order valence-corrected chi connectivity index (χ1v) is 4.86. The van der Waals surface area contributed by atoms with Crippen LogP contribution in [0.15, 0.2) is 12.2 Å². The van der Waals surface area contributed by atoms with E-state index >= 15 is 0 Å². The average molecular weight is 210 g/mol. The Hall–Kier alpha value is -1.49. The van der Waals surface area contributed by atoms with Crippen molar-refractivity contribution in [1.29, 1.82) is 0 Å². The quantitative estimate of drug-likeness (QED) is 0.501. The normalized spacial score (nSPS) is 18.2. The van der Waals surface area contributed by atoms with E-state index in [9.17, 15) is 14.4 Å². The maximum atomic E-state index is 11.0. The Morgan fingerprint density at radius 1 is 1.40 bits per heavy atom. The van der Waals surface area contributed by atoms with Gasteiger partial charge in [-0.15, -0.1) is 0 Å². The summed E-state index contributed by atoms with van der Waals surface area (Å²) in [5, 5.41) is 2.21. The van der Waals surface area contributed by atoms with Crippen molar-refractivity contribution in [3.8, 4) is 0 Å². The number of rotatable bonds is 4. The molecule has 0 spiro atoms. The van der Waals surface area contributed by atoms with Gasteiger partial charge >= 0.3 is 0 Å². The fraction of sp³-hybridized carbons (Fsp3) is 0.500. The lowest BCUT2D eigenvalue weighted by Gasteiger charge is -2.23. The topological polar surface area (TPSA) is 66.5 Å². The summed E-state index contributed by atoms with van der Waals surface area (Å²) in [4.78, 5) is 34.6. The van der Waals surface area contributed by atoms with Gasteiger partial charge in [0.25, 0.3) is 0 Å². The monoisotopic (exact) mass is 210 g/mol. The van der Waals surface area contributed by atoms with Crippen LogP contribution in [0.3, 0.4) is 0 Å². The molecule has 1 saturated heterocycles. The van der Waals surface area contributed by atoms with Crippen molar-refractivity contribution in [2.45, 2.75) is 13.3 Å². The van der Waals surface area contributed by atoms with Gasteiger partial charge in [-0.05, 0) is 6.08 Å². The fourth-order valence-electron chi connectivity index (χ4n) is 1.28. The molecular formula is C10H14N2O3. The van der Waals surface area contributed by atoms with Crippen molar-refractivity contribution in [3.05, 3.63) is 12.2 Å². The number of ketones is 1. The van der Waals surface area contributed by atoms with Gasteiger partial charge < -0.3 is 0 Å². The minimum absolute atomic E-state index is 0.0442. The van der Waals surface area contributed by atoms with Crippen LogP contribution >= 0.6 is 0 Å². The van der Waals surface area contributed by atoms with E-state index in [-0.39, 0.29) is 30.7 Å². The van der Waals surface area contributed by atoms with Crippen LogP contribution in [0.25, 0.3) is 0 Å². The summed E-state index contributed by atoms with van der Waals surface area (Å²) in [6.45, 7) is 2.64. The zero-order valence-corrected chi connectivity index (χ0v) is 8.66. The van der Waals surface area contributed by atoms with Crippen LogP contribution in [0.4, 0.5) is 0 Å². The number of carbonyl (C=O) groups is 3. The largest absolute Gasteiger partial charge is 0.295 e. The SMILES string of the molecule is CCC(=O)/C=C/CN1CC(=O)NC(=O)C1. The molecule has 1 rings (SSSR count). The first kappa shape index (κ1) is 11.6. The molecule has 1 aliphatic rings. The minimum atomic E-state index is -0.290. The first-order valence-electron chi connectivity index (χ1n) is 4.86. The van der Waals surface area contributed by atoms with Gasteiger partial charge in [0.2, 0.25) is 11.8 Å². The number of imide groups is 1. The van der Waals surface area contributed by atoms with E-state index in [0.29, 0.717) is 13.0 Å². The van der Waals surface area contributed by atoms with E-state index in [1.165, 1.54) is 6.08 Å². The van der Waals surface area contributed by atoms with Gasteiger partial charge in [0.1, 0.15) is 0 Å². The molecule has 1 aliphatic heterocycles. The van der Waals surface area contributed by atoms with Gasteiger partial charge in [0.15, 0.2) is 5.78 Å². The number of piperazine rings is 1. The van der Waals surface area contributed by atoms with Crippen LogP contribution in [0.1, 0.15) is 13.3 Å². The third kappa shape index (κ3) is 4.03. The van der Waals surface area contributed by atoms with Crippen LogP contribution in [0.2, 0.25) is 0 Å². The Bertz CT molecular complexity index is 294. The van der Waals surface area contributed by atoms with Crippen LogP contribution < -0.4 is 5.32 Å². The summed E-state index contributed by atoms with van der Waals surface area (Å²) in [5.41, 5.74) is 0. The molecule has 0 atom stereocenters. The van der Waals surface area contributed by atoms with Gasteiger partial charge in [-0.25, -0.2) is 0 Å². The lowest BCUT2D eigenvalue weighted by atomic mass is 10.2. The number of nitrogens with zero attached hydrogens (tertiary/aromatic N) is 1. The van der Waals surface area contributed by atoms with Crippen molar-refractivity contribution in [2.24, 2.45) is 0 Å². The first-order chi connectivity index (χ1) is 7.11. The summed E-state index contributed by atoms with van der Waals surface area (Å²) in [6, 6.07) is 0. The third-order valence-electron chi connectivity index (χ3n) is 2.03. The van der Waals surface area contributed by atoms with Crippen molar-refractivity contribution in [3.63, 3.8) is 0 Å². The maximum absolute atomic E-state index is 11.0. The molecule has 1 N–H and O–H groups in total. The average Bonchev–Trinajstić information content (AvgIpc) is 2.16. The van der Waals surface area contributed by atoms with Gasteiger partial charge in [-0.1, -0.05) is 13.0 Å². The molecule has 0 bridgehead atoms. The summed E-state index contributed by atoms with van der Waals surface area (Å²) >= 11 is 0. The minimum Gasteiger partial charge on any atom is -0.295 e. The van der Waals surface area contributed by atoms with Crippen LogP contribution in [-0.4, -0.2) is 42.1 Å². The van der Waals surface area contributed by atoms with Crippen molar-refractivity contribution < 1.29 is 14.4 Å². The molecule has 15 heavy (non-hydrogen) atoms. The highest BCUT2D eigenvalue weighted by Gasteiger charge is 2.20. The summed E-state index contributed by atoms with van der Waals surface area (Å²) < 4.78 is 0. The number of allylic oxidation sites excluding steroid dienone is 1. The predicted octanol–water partition coefficient (Wildman–Crippen LogP) is -0.520. The van der Waals surface area contributed by atoms with Crippen LogP contribution in [0, 0.1) is 0 Å². The fourth-order valence-corrected chi connectivity index (χ4v) is 1.28. The Morgan fingerprint density at radius 3 is 2.53 bits per heavy atom. The standard InChI is InChI=1S/C10H14N2O3/c1-2-8(13)4-3-5-12-6-9(14)11-10(15)7-12/h3-4H,2,5-7H2,1H3,(H,11,14,15)/b4-3+. The molecule has 0 aromatic rings. The molecule has 0 aromatic carbocycles. The van der Waals surface area contributed by atoms with Gasteiger partial charge in [-0.2, -0.15) is 0 Å². The van der Waals surface area contributed by atoms with E-state index in [2.05, 4.69) is 5.32 Å². The smallest absolute Gasteiger partial charge is 0.240 e. The molecule has 1 fully saturated rings. The molecule has 0 aromatic heterocycles. The Labute approximate surface area is 88.1 Å². The summed E-state index contributed by atoms with van der Waals surface area (Å²) in [6.07, 6.45) is 3.63. The molecule has 5 heteroatoms. The van der Waals surface area contributed by atoms with E-state index < -0.39 is 0 Å². The van der Waals surface area contributed by atoms with Crippen molar-refractivity contribution in [2.75, 3.05) is 19.6 Å². The van der Waals surface area contributed by atoms with E-state index in [4.69, 9.17) is 0 Å². The van der Waals surface area contributed by atoms with Gasteiger partial charge in [0.05, 0.1) is 13.1 Å². The van der Waals surface area contributed by atoms with Crippen molar-refractivity contribution in [1.82, 2.24) is 10.2 Å². The maximum Gasteiger partial charge on any atom is 0.240 e. The zero-order chi connectivity index (χ0) is 11.3. The second kappa shape index (κ2) is 5.41. The van der Waals surface area contributed by atoms with Gasteiger partial charge in [-0.3, -0.25) is 24.6 Å². The molecule has 5 nitrogen and oxygen atoms in total. The second-order valence-electron chi connectivity index (χ2n) is 3.36.